The van der Waals surface area contributed by atoms with Crippen molar-refractivity contribution in [1.82, 2.24) is 5.32 Å². The Morgan fingerprint density at radius 3 is 2.67 bits per heavy atom. The second-order valence-electron chi connectivity index (χ2n) is 5.44. The molecule has 0 radical (unpaired) electrons. The van der Waals surface area contributed by atoms with Crippen molar-refractivity contribution in [1.29, 1.82) is 0 Å². The van der Waals surface area contributed by atoms with Crippen LogP contribution in [0.1, 0.15) is 19.8 Å². The average Bonchev–Trinajstić information content (AvgIpc) is 3.13. The highest BCUT2D eigenvalue weighted by atomic mass is 19.1. The molecule has 3 nitrogen and oxygen atoms in total. The molecule has 0 amide bonds. The molecule has 1 fully saturated rings. The highest BCUT2D eigenvalue weighted by molar-refractivity contribution is 5.47. The van der Waals surface area contributed by atoms with E-state index in [1.54, 1.807) is 12.1 Å². The fraction of sp³-hybridized carbons (Fsp3) is 0.571. The van der Waals surface area contributed by atoms with Gasteiger partial charge in [0.1, 0.15) is 5.82 Å². The van der Waals surface area contributed by atoms with E-state index in [2.05, 4.69) is 5.32 Å². The minimum absolute atomic E-state index is 0.0439. The van der Waals surface area contributed by atoms with E-state index in [4.69, 9.17) is 0 Å². The first-order valence-corrected chi connectivity index (χ1v) is 6.38. The van der Waals surface area contributed by atoms with Crippen LogP contribution in [0.25, 0.3) is 0 Å². The highest BCUT2D eigenvalue weighted by Gasteiger charge is 2.33. The van der Waals surface area contributed by atoms with Crippen LogP contribution in [0.3, 0.4) is 0 Å². The molecule has 100 valence electrons. The Balaban J connectivity index is 2.04. The predicted octanol–water partition coefficient (Wildman–Crippen LogP) is 1.76. The number of nitrogens with zero attached hydrogens (tertiary/aromatic N) is 1. The fourth-order valence-electron chi connectivity index (χ4n) is 2.23. The summed E-state index contributed by atoms with van der Waals surface area (Å²) in [7, 11) is 1.85. The van der Waals surface area contributed by atoms with Gasteiger partial charge in [-0.1, -0.05) is 12.1 Å². The van der Waals surface area contributed by atoms with Gasteiger partial charge in [-0.15, -0.1) is 0 Å². The summed E-state index contributed by atoms with van der Waals surface area (Å²) in [4.78, 5) is 1.85. The van der Waals surface area contributed by atoms with Gasteiger partial charge in [-0.2, -0.15) is 0 Å². The summed E-state index contributed by atoms with van der Waals surface area (Å²) in [6.45, 7) is 2.59. The second-order valence-corrected chi connectivity index (χ2v) is 5.44. The van der Waals surface area contributed by atoms with Crippen molar-refractivity contribution >= 4 is 5.69 Å². The summed E-state index contributed by atoms with van der Waals surface area (Å²) in [5, 5.41) is 13.0. The van der Waals surface area contributed by atoms with E-state index < -0.39 is 5.54 Å². The van der Waals surface area contributed by atoms with Crippen LogP contribution in [0.2, 0.25) is 0 Å². The summed E-state index contributed by atoms with van der Waals surface area (Å²) in [5.41, 5.74) is 0.174. The first kappa shape index (κ1) is 13.3. The highest BCUT2D eigenvalue weighted by Crippen LogP contribution is 2.24. The largest absolute Gasteiger partial charge is 0.394 e. The van der Waals surface area contributed by atoms with E-state index in [9.17, 15) is 9.50 Å². The van der Waals surface area contributed by atoms with Crippen molar-refractivity contribution in [2.24, 2.45) is 0 Å². The molecule has 1 aromatic carbocycles. The van der Waals surface area contributed by atoms with Crippen molar-refractivity contribution in [3.8, 4) is 0 Å². The Bertz CT molecular complexity index is 409. The van der Waals surface area contributed by atoms with Crippen molar-refractivity contribution in [2.75, 3.05) is 25.1 Å². The first-order chi connectivity index (χ1) is 8.54. The topological polar surface area (TPSA) is 35.5 Å². The van der Waals surface area contributed by atoms with Crippen LogP contribution in [0, 0.1) is 5.82 Å². The summed E-state index contributed by atoms with van der Waals surface area (Å²) in [5.74, 6) is -0.230. The molecule has 1 aliphatic rings. The van der Waals surface area contributed by atoms with E-state index in [0.717, 1.165) is 0 Å². The van der Waals surface area contributed by atoms with Crippen LogP contribution in [-0.2, 0) is 0 Å². The zero-order valence-electron chi connectivity index (χ0n) is 11.0. The van der Waals surface area contributed by atoms with Crippen LogP contribution >= 0.6 is 0 Å². The molecule has 0 heterocycles. The molecular formula is C14H21FN2O. The standard InChI is InChI=1S/C14H21FN2O/c1-14(10-18,16-11-7-8-11)9-17(2)13-6-4-3-5-12(13)15/h3-6,11,16,18H,7-10H2,1-2H3. The lowest BCUT2D eigenvalue weighted by atomic mass is 10.0. The molecule has 0 aromatic heterocycles. The third-order valence-corrected chi connectivity index (χ3v) is 3.33. The Morgan fingerprint density at radius 1 is 1.44 bits per heavy atom. The van der Waals surface area contributed by atoms with Crippen LogP contribution in [0.5, 0.6) is 0 Å². The van der Waals surface area contributed by atoms with Crippen LogP contribution in [-0.4, -0.2) is 36.9 Å². The number of para-hydroxylation sites is 1. The van der Waals surface area contributed by atoms with Gasteiger partial charge in [-0.3, -0.25) is 0 Å². The summed E-state index contributed by atoms with van der Waals surface area (Å²) >= 11 is 0. The summed E-state index contributed by atoms with van der Waals surface area (Å²) in [6.07, 6.45) is 2.33. The number of aliphatic hydroxyl groups excluding tert-OH is 1. The lowest BCUT2D eigenvalue weighted by Gasteiger charge is -2.34. The third kappa shape index (κ3) is 3.21. The van der Waals surface area contributed by atoms with Crippen molar-refractivity contribution < 1.29 is 9.50 Å². The Kier molecular flexibility index (Phi) is 3.88. The molecule has 0 aliphatic heterocycles. The fourth-order valence-corrected chi connectivity index (χ4v) is 2.23. The molecule has 18 heavy (non-hydrogen) atoms. The smallest absolute Gasteiger partial charge is 0.146 e. The number of likely N-dealkylation sites (N-methyl/N-ethyl adjacent to an activating group) is 1. The Labute approximate surface area is 108 Å². The number of nitrogens with one attached hydrogen (secondary N) is 1. The summed E-state index contributed by atoms with van der Waals surface area (Å²) < 4.78 is 13.7. The zero-order valence-corrected chi connectivity index (χ0v) is 11.0. The molecule has 1 aromatic rings. The van der Waals surface area contributed by atoms with Gasteiger partial charge in [-0.05, 0) is 31.9 Å². The van der Waals surface area contributed by atoms with Crippen LogP contribution in [0.15, 0.2) is 24.3 Å². The van der Waals surface area contributed by atoms with Crippen molar-refractivity contribution in [2.45, 2.75) is 31.3 Å². The number of anilines is 1. The molecule has 0 bridgehead atoms. The first-order valence-electron chi connectivity index (χ1n) is 6.38. The number of halogens is 1. The molecule has 1 saturated carbocycles. The van der Waals surface area contributed by atoms with Gasteiger partial charge in [0.2, 0.25) is 0 Å². The predicted molar refractivity (Wildman–Crippen MR) is 71.3 cm³/mol. The van der Waals surface area contributed by atoms with Gasteiger partial charge in [0.05, 0.1) is 17.8 Å². The molecule has 0 spiro atoms. The lowest BCUT2D eigenvalue weighted by molar-refractivity contribution is 0.177. The van der Waals surface area contributed by atoms with Crippen LogP contribution < -0.4 is 10.2 Å². The second kappa shape index (κ2) is 5.24. The Hall–Kier alpha value is -1.13. The molecule has 2 N–H and O–H groups in total. The molecule has 2 rings (SSSR count). The Morgan fingerprint density at radius 2 is 2.11 bits per heavy atom. The van der Waals surface area contributed by atoms with E-state index >= 15 is 0 Å². The third-order valence-electron chi connectivity index (χ3n) is 3.33. The monoisotopic (exact) mass is 252 g/mol. The van der Waals surface area contributed by atoms with Gasteiger partial charge in [0.15, 0.2) is 0 Å². The average molecular weight is 252 g/mol. The molecular weight excluding hydrogens is 231 g/mol. The lowest BCUT2D eigenvalue weighted by Crippen LogP contribution is -2.54. The maximum absolute atomic E-state index is 13.7. The van der Waals surface area contributed by atoms with Crippen molar-refractivity contribution in [3.63, 3.8) is 0 Å². The molecule has 1 unspecified atom stereocenters. The number of hydrogen-bond donors (Lipinski definition) is 2. The van der Waals surface area contributed by atoms with Crippen LogP contribution in [0.4, 0.5) is 10.1 Å². The van der Waals surface area contributed by atoms with E-state index in [1.807, 2.05) is 24.9 Å². The zero-order chi connectivity index (χ0) is 13.2. The van der Waals surface area contributed by atoms with E-state index in [1.165, 1.54) is 18.9 Å². The van der Waals surface area contributed by atoms with Gasteiger partial charge in [0.25, 0.3) is 0 Å². The molecule has 0 saturated heterocycles. The normalized spacial score (nSPS) is 18.4. The van der Waals surface area contributed by atoms with Gasteiger partial charge >= 0.3 is 0 Å². The number of benzene rings is 1. The van der Waals surface area contributed by atoms with Crippen molar-refractivity contribution in [3.05, 3.63) is 30.1 Å². The number of aliphatic hydroxyl groups is 1. The number of rotatable bonds is 6. The maximum Gasteiger partial charge on any atom is 0.146 e. The summed E-state index contributed by atoms with van der Waals surface area (Å²) in [6, 6.07) is 7.22. The minimum atomic E-state index is -0.391. The quantitative estimate of drug-likeness (QED) is 0.810. The number of hydrogen-bond acceptors (Lipinski definition) is 3. The maximum atomic E-state index is 13.7. The van der Waals surface area contributed by atoms with E-state index in [0.29, 0.717) is 18.3 Å². The molecule has 1 atom stereocenters. The minimum Gasteiger partial charge on any atom is -0.394 e. The van der Waals surface area contributed by atoms with Gasteiger partial charge in [-0.25, -0.2) is 4.39 Å². The van der Waals surface area contributed by atoms with Gasteiger partial charge < -0.3 is 15.3 Å². The SMILES string of the molecule is CN(CC(C)(CO)NC1CC1)c1ccccc1F. The molecule has 1 aliphatic carbocycles. The van der Waals surface area contributed by atoms with Gasteiger partial charge in [0, 0.05) is 19.6 Å². The van der Waals surface area contributed by atoms with E-state index in [-0.39, 0.29) is 12.4 Å². The molecule has 4 heteroatoms.